The second-order valence-electron chi connectivity index (χ2n) is 6.96. The summed E-state index contributed by atoms with van der Waals surface area (Å²) in [5.74, 6) is -0.0884. The lowest BCUT2D eigenvalue weighted by Crippen LogP contribution is -2.47. The topological polar surface area (TPSA) is 108 Å². The number of nitrogens with two attached hydrogens (primary N) is 1. The Labute approximate surface area is 159 Å². The molecule has 7 nitrogen and oxygen atoms in total. The molecule has 0 bridgehead atoms. The van der Waals surface area contributed by atoms with Crippen LogP contribution in [0.25, 0.3) is 0 Å². The molecule has 0 unspecified atom stereocenters. The number of para-hydroxylation sites is 1. The van der Waals surface area contributed by atoms with Gasteiger partial charge in [0.1, 0.15) is 17.5 Å². The minimum absolute atomic E-state index is 0.0582. The smallest absolute Gasteiger partial charge is 0.261 e. The molecule has 146 valence electrons. The van der Waals surface area contributed by atoms with E-state index in [9.17, 15) is 13.2 Å². The van der Waals surface area contributed by atoms with Crippen LogP contribution in [0.3, 0.4) is 0 Å². The predicted molar refractivity (Wildman–Crippen MR) is 102 cm³/mol. The Bertz CT molecular complexity index is 859. The highest BCUT2D eigenvalue weighted by atomic mass is 32.2. The number of carbonyl (C=O) groups excluding carboxylic acids is 1. The first-order valence-corrected chi connectivity index (χ1v) is 10.0. The van der Waals surface area contributed by atoms with E-state index in [1.54, 1.807) is 45.0 Å². The number of hydrogen-bond acceptors (Lipinski definition) is 6. The fourth-order valence-electron chi connectivity index (χ4n) is 2.03. The van der Waals surface area contributed by atoms with E-state index < -0.39 is 33.1 Å². The van der Waals surface area contributed by atoms with Crippen molar-refractivity contribution in [2.45, 2.75) is 37.3 Å². The quantitative estimate of drug-likeness (QED) is 0.701. The van der Waals surface area contributed by atoms with Crippen LogP contribution < -0.4 is 16.0 Å². The van der Waals surface area contributed by atoms with Gasteiger partial charge in [-0.05, 0) is 57.2 Å². The lowest BCUT2D eigenvalue weighted by atomic mass is 10.2. The summed E-state index contributed by atoms with van der Waals surface area (Å²) in [6, 6.07) is 13.8. The number of carbonyl (C=O) groups is 1. The van der Waals surface area contributed by atoms with Gasteiger partial charge in [0, 0.05) is 0 Å². The summed E-state index contributed by atoms with van der Waals surface area (Å²) in [4.78, 5) is 17.1. The summed E-state index contributed by atoms with van der Waals surface area (Å²) in [6.45, 7) is 5.23. The molecule has 0 aliphatic heterocycles. The highest BCUT2D eigenvalue weighted by molar-refractivity contribution is 7.91. The largest absolute Gasteiger partial charge is 0.457 e. The molecule has 1 amide bonds. The lowest BCUT2D eigenvalue weighted by molar-refractivity contribution is -0.146. The summed E-state index contributed by atoms with van der Waals surface area (Å²) in [7, 11) is -3.74. The van der Waals surface area contributed by atoms with E-state index in [0.717, 1.165) is 0 Å². The lowest BCUT2D eigenvalue weighted by Gasteiger charge is -2.20. The third-order valence-electron chi connectivity index (χ3n) is 3.36. The zero-order chi connectivity index (χ0) is 20.1. The summed E-state index contributed by atoms with van der Waals surface area (Å²) in [5, 5.41) is 0. The average Bonchev–Trinajstić information content (AvgIpc) is 2.60. The van der Waals surface area contributed by atoms with Gasteiger partial charge in [-0.1, -0.05) is 18.2 Å². The maximum atomic E-state index is 12.5. The van der Waals surface area contributed by atoms with Gasteiger partial charge in [0.25, 0.3) is 5.91 Å². The van der Waals surface area contributed by atoms with Gasteiger partial charge >= 0.3 is 0 Å². The molecule has 1 atom stereocenters. The molecular weight excluding hydrogens is 368 g/mol. The van der Waals surface area contributed by atoms with Crippen molar-refractivity contribution in [2.24, 2.45) is 5.73 Å². The van der Waals surface area contributed by atoms with Crippen LogP contribution in [-0.4, -0.2) is 31.7 Å². The summed E-state index contributed by atoms with van der Waals surface area (Å²) in [5.41, 5.74) is 7.28. The molecule has 3 N–H and O–H groups in total. The Morgan fingerprint density at radius 2 is 1.59 bits per heavy atom. The van der Waals surface area contributed by atoms with Crippen LogP contribution in [0.2, 0.25) is 0 Å². The van der Waals surface area contributed by atoms with E-state index in [4.69, 9.17) is 15.3 Å². The van der Waals surface area contributed by atoms with Crippen LogP contribution in [0.5, 0.6) is 11.5 Å². The standard InChI is InChI=1S/C19H24N2O5S/c1-19(2,3)26-21-18(22)17(20)13-27(23,24)16-11-9-15(10-12-16)25-14-7-5-4-6-8-14/h4-12,17H,13,20H2,1-3H3,(H,21,22)/t17-/m0/s1. The monoisotopic (exact) mass is 392 g/mol. The van der Waals surface area contributed by atoms with E-state index in [1.165, 1.54) is 12.1 Å². The van der Waals surface area contributed by atoms with Gasteiger partial charge in [-0.15, -0.1) is 0 Å². The number of sulfone groups is 1. The van der Waals surface area contributed by atoms with Crippen LogP contribution in [0.1, 0.15) is 20.8 Å². The van der Waals surface area contributed by atoms with Crippen molar-refractivity contribution in [2.75, 3.05) is 5.75 Å². The number of benzene rings is 2. The van der Waals surface area contributed by atoms with Crippen molar-refractivity contribution in [3.05, 3.63) is 54.6 Å². The van der Waals surface area contributed by atoms with Gasteiger partial charge in [0.2, 0.25) is 0 Å². The Morgan fingerprint density at radius 1 is 1.04 bits per heavy atom. The normalized spacial score (nSPS) is 13.0. The zero-order valence-electron chi connectivity index (χ0n) is 15.5. The molecule has 0 aliphatic carbocycles. The number of hydroxylamine groups is 1. The van der Waals surface area contributed by atoms with Gasteiger partial charge < -0.3 is 10.5 Å². The van der Waals surface area contributed by atoms with Gasteiger partial charge in [-0.25, -0.2) is 13.9 Å². The van der Waals surface area contributed by atoms with Crippen molar-refractivity contribution >= 4 is 15.7 Å². The van der Waals surface area contributed by atoms with Crippen LogP contribution in [0.15, 0.2) is 59.5 Å². The van der Waals surface area contributed by atoms with Crippen molar-refractivity contribution in [3.63, 3.8) is 0 Å². The van der Waals surface area contributed by atoms with Crippen LogP contribution in [-0.2, 0) is 19.5 Å². The number of nitrogens with one attached hydrogen (secondary N) is 1. The molecule has 0 saturated carbocycles. The van der Waals surface area contributed by atoms with Gasteiger partial charge in [0.05, 0.1) is 16.2 Å². The van der Waals surface area contributed by atoms with E-state index in [2.05, 4.69) is 5.48 Å². The Morgan fingerprint density at radius 3 is 2.15 bits per heavy atom. The first kappa shape index (κ1) is 20.9. The summed E-state index contributed by atoms with van der Waals surface area (Å²) in [6.07, 6.45) is 0. The maximum Gasteiger partial charge on any atom is 0.261 e. The van der Waals surface area contributed by atoms with Gasteiger partial charge in [-0.2, -0.15) is 0 Å². The molecule has 2 aromatic carbocycles. The average molecular weight is 392 g/mol. The molecule has 0 heterocycles. The molecule has 0 saturated heterocycles. The minimum atomic E-state index is -3.74. The molecule has 8 heteroatoms. The van der Waals surface area contributed by atoms with Crippen molar-refractivity contribution in [1.29, 1.82) is 0 Å². The van der Waals surface area contributed by atoms with Crippen molar-refractivity contribution in [1.82, 2.24) is 5.48 Å². The highest BCUT2D eigenvalue weighted by Crippen LogP contribution is 2.23. The van der Waals surface area contributed by atoms with Crippen LogP contribution >= 0.6 is 0 Å². The molecule has 0 fully saturated rings. The SMILES string of the molecule is CC(C)(C)ONC(=O)[C@@H](N)CS(=O)(=O)c1ccc(Oc2ccccc2)cc1. The van der Waals surface area contributed by atoms with Crippen LogP contribution in [0.4, 0.5) is 0 Å². The van der Waals surface area contributed by atoms with Crippen molar-refractivity contribution < 1.29 is 22.8 Å². The molecule has 0 spiro atoms. The second-order valence-corrected chi connectivity index (χ2v) is 8.99. The first-order chi connectivity index (χ1) is 12.6. The zero-order valence-corrected chi connectivity index (χ0v) is 16.3. The van der Waals surface area contributed by atoms with Gasteiger partial charge in [0.15, 0.2) is 9.84 Å². The Hall–Kier alpha value is -2.42. The number of rotatable bonds is 7. The van der Waals surface area contributed by atoms with E-state index in [0.29, 0.717) is 11.5 Å². The number of hydrogen-bond donors (Lipinski definition) is 2. The molecular formula is C19H24N2O5S. The second kappa shape index (κ2) is 8.51. The minimum Gasteiger partial charge on any atom is -0.457 e. The molecule has 27 heavy (non-hydrogen) atoms. The number of ether oxygens (including phenoxy) is 1. The molecule has 2 aromatic rings. The van der Waals surface area contributed by atoms with Gasteiger partial charge in [-0.3, -0.25) is 9.63 Å². The van der Waals surface area contributed by atoms with E-state index in [1.807, 2.05) is 18.2 Å². The summed E-state index contributed by atoms with van der Waals surface area (Å²) >= 11 is 0. The van der Waals surface area contributed by atoms with Crippen LogP contribution in [0, 0.1) is 0 Å². The van der Waals surface area contributed by atoms with E-state index in [-0.39, 0.29) is 4.90 Å². The third-order valence-corrected chi connectivity index (χ3v) is 5.14. The molecule has 2 rings (SSSR count). The fourth-order valence-corrected chi connectivity index (χ4v) is 3.39. The fraction of sp³-hybridized carbons (Fsp3) is 0.316. The first-order valence-electron chi connectivity index (χ1n) is 8.36. The van der Waals surface area contributed by atoms with Crippen molar-refractivity contribution in [3.8, 4) is 11.5 Å². The van der Waals surface area contributed by atoms with E-state index >= 15 is 0 Å². The number of amides is 1. The third kappa shape index (κ3) is 6.67. The molecule has 0 radical (unpaired) electrons. The molecule has 0 aliphatic rings. The molecule has 0 aromatic heterocycles. The highest BCUT2D eigenvalue weighted by Gasteiger charge is 2.25. The Balaban J connectivity index is 2.00. The predicted octanol–water partition coefficient (Wildman–Crippen LogP) is 2.43. The summed E-state index contributed by atoms with van der Waals surface area (Å²) < 4.78 is 30.6. The maximum absolute atomic E-state index is 12.5. The Kier molecular flexibility index (Phi) is 6.59.